The molecule has 0 atom stereocenters. The number of halogens is 1. The maximum absolute atomic E-state index is 5.82. The molecule has 0 N–H and O–H groups in total. The first kappa shape index (κ1) is 16.6. The minimum atomic E-state index is 0.830. The molecule has 1 aromatic rings. The lowest BCUT2D eigenvalue weighted by Gasteiger charge is -2.09. The molecule has 1 rings (SSSR count). The van der Waals surface area contributed by atoms with E-state index in [1.165, 1.54) is 50.5 Å². The SMILES string of the molecule is CCCCCCCCCCOc1cc(C)ccc1Br. The van der Waals surface area contributed by atoms with Crippen LogP contribution in [0.3, 0.4) is 0 Å². The number of benzene rings is 1. The van der Waals surface area contributed by atoms with Crippen LogP contribution in [0.2, 0.25) is 0 Å². The molecule has 0 aliphatic rings. The summed E-state index contributed by atoms with van der Waals surface area (Å²) < 4.78 is 6.87. The van der Waals surface area contributed by atoms with E-state index in [1.54, 1.807) is 0 Å². The zero-order valence-electron chi connectivity index (χ0n) is 12.4. The van der Waals surface area contributed by atoms with E-state index in [1.807, 2.05) is 0 Å². The van der Waals surface area contributed by atoms with Gasteiger partial charge >= 0.3 is 0 Å². The predicted octanol–water partition coefficient (Wildman–Crippen LogP) is 6.28. The Balaban J connectivity index is 2.03. The van der Waals surface area contributed by atoms with Crippen LogP contribution in [0, 0.1) is 6.92 Å². The van der Waals surface area contributed by atoms with E-state index in [2.05, 4.69) is 48.0 Å². The number of unbranched alkanes of at least 4 members (excludes halogenated alkanes) is 7. The molecule has 0 saturated carbocycles. The summed E-state index contributed by atoms with van der Waals surface area (Å²) in [7, 11) is 0. The van der Waals surface area contributed by atoms with Crippen LogP contribution in [0.5, 0.6) is 5.75 Å². The fourth-order valence-corrected chi connectivity index (χ4v) is 2.50. The number of ether oxygens (including phenoxy) is 1. The van der Waals surface area contributed by atoms with Gasteiger partial charge in [0.25, 0.3) is 0 Å². The molecule has 108 valence electrons. The molecule has 1 nitrogen and oxygen atoms in total. The Morgan fingerprint density at radius 1 is 0.947 bits per heavy atom. The van der Waals surface area contributed by atoms with Crippen LogP contribution >= 0.6 is 15.9 Å². The van der Waals surface area contributed by atoms with Gasteiger partial charge in [0.05, 0.1) is 11.1 Å². The Morgan fingerprint density at radius 2 is 1.58 bits per heavy atom. The highest BCUT2D eigenvalue weighted by Crippen LogP contribution is 2.26. The summed E-state index contributed by atoms with van der Waals surface area (Å²) in [5, 5.41) is 0. The highest BCUT2D eigenvalue weighted by Gasteiger charge is 2.00. The molecule has 0 fully saturated rings. The molecule has 0 radical (unpaired) electrons. The molecule has 0 unspecified atom stereocenters. The highest BCUT2D eigenvalue weighted by molar-refractivity contribution is 9.10. The van der Waals surface area contributed by atoms with Crippen LogP contribution in [0.15, 0.2) is 22.7 Å². The third-order valence-electron chi connectivity index (χ3n) is 3.34. The van der Waals surface area contributed by atoms with Crippen molar-refractivity contribution in [3.05, 3.63) is 28.2 Å². The van der Waals surface area contributed by atoms with Crippen LogP contribution in [-0.2, 0) is 0 Å². The number of hydrogen-bond donors (Lipinski definition) is 0. The second-order valence-electron chi connectivity index (χ2n) is 5.26. The average Bonchev–Trinajstić information content (AvgIpc) is 2.40. The van der Waals surface area contributed by atoms with Gasteiger partial charge in [-0.1, -0.05) is 57.9 Å². The highest BCUT2D eigenvalue weighted by atomic mass is 79.9. The fraction of sp³-hybridized carbons (Fsp3) is 0.647. The topological polar surface area (TPSA) is 9.23 Å². The van der Waals surface area contributed by atoms with Gasteiger partial charge in [-0.05, 0) is 47.0 Å². The van der Waals surface area contributed by atoms with E-state index in [9.17, 15) is 0 Å². The Hall–Kier alpha value is -0.500. The summed E-state index contributed by atoms with van der Waals surface area (Å²) in [6, 6.07) is 6.24. The van der Waals surface area contributed by atoms with Gasteiger partial charge in [0.1, 0.15) is 5.75 Å². The Morgan fingerprint density at radius 3 is 2.26 bits per heavy atom. The van der Waals surface area contributed by atoms with Gasteiger partial charge < -0.3 is 4.74 Å². The third-order valence-corrected chi connectivity index (χ3v) is 4.00. The summed E-state index contributed by atoms with van der Waals surface area (Å²) in [5.74, 6) is 0.975. The van der Waals surface area contributed by atoms with Crippen LogP contribution in [0.25, 0.3) is 0 Å². The molecular formula is C17H27BrO. The predicted molar refractivity (Wildman–Crippen MR) is 87.0 cm³/mol. The molecular weight excluding hydrogens is 300 g/mol. The summed E-state index contributed by atoms with van der Waals surface area (Å²) in [4.78, 5) is 0. The van der Waals surface area contributed by atoms with E-state index in [-0.39, 0.29) is 0 Å². The fourth-order valence-electron chi connectivity index (χ4n) is 2.14. The lowest BCUT2D eigenvalue weighted by atomic mass is 10.1. The average molecular weight is 327 g/mol. The Kier molecular flexibility index (Phi) is 8.98. The molecule has 0 aliphatic heterocycles. The molecule has 2 heteroatoms. The second-order valence-corrected chi connectivity index (χ2v) is 6.11. The molecule has 0 aliphatic carbocycles. The van der Waals surface area contributed by atoms with Gasteiger partial charge in [0, 0.05) is 0 Å². The summed E-state index contributed by atoms with van der Waals surface area (Å²) >= 11 is 3.52. The first-order chi connectivity index (χ1) is 9.24. The quantitative estimate of drug-likeness (QED) is 0.460. The van der Waals surface area contributed by atoms with Crippen molar-refractivity contribution in [3.63, 3.8) is 0 Å². The molecule has 0 bridgehead atoms. The summed E-state index contributed by atoms with van der Waals surface area (Å²) in [6.07, 6.45) is 10.7. The minimum Gasteiger partial charge on any atom is -0.492 e. The minimum absolute atomic E-state index is 0.830. The van der Waals surface area contributed by atoms with Gasteiger partial charge in [0.2, 0.25) is 0 Å². The Bertz CT molecular complexity index is 349. The van der Waals surface area contributed by atoms with Crippen LogP contribution in [-0.4, -0.2) is 6.61 Å². The van der Waals surface area contributed by atoms with Crippen molar-refractivity contribution in [3.8, 4) is 5.75 Å². The van der Waals surface area contributed by atoms with Crippen molar-refractivity contribution in [2.45, 2.75) is 65.2 Å². The van der Waals surface area contributed by atoms with Crippen molar-refractivity contribution >= 4 is 15.9 Å². The van der Waals surface area contributed by atoms with Crippen LogP contribution < -0.4 is 4.74 Å². The molecule has 0 heterocycles. The molecule has 19 heavy (non-hydrogen) atoms. The van der Waals surface area contributed by atoms with Crippen molar-refractivity contribution in [2.75, 3.05) is 6.61 Å². The van der Waals surface area contributed by atoms with Crippen molar-refractivity contribution in [1.82, 2.24) is 0 Å². The van der Waals surface area contributed by atoms with Gasteiger partial charge in [-0.3, -0.25) is 0 Å². The van der Waals surface area contributed by atoms with E-state index in [4.69, 9.17) is 4.74 Å². The second kappa shape index (κ2) is 10.3. The van der Waals surface area contributed by atoms with Crippen molar-refractivity contribution in [1.29, 1.82) is 0 Å². The van der Waals surface area contributed by atoms with Crippen LogP contribution in [0.1, 0.15) is 63.9 Å². The van der Waals surface area contributed by atoms with Gasteiger partial charge in [-0.25, -0.2) is 0 Å². The van der Waals surface area contributed by atoms with E-state index in [0.717, 1.165) is 23.2 Å². The maximum Gasteiger partial charge on any atom is 0.133 e. The van der Waals surface area contributed by atoms with E-state index >= 15 is 0 Å². The van der Waals surface area contributed by atoms with E-state index < -0.39 is 0 Å². The number of rotatable bonds is 10. The molecule has 0 spiro atoms. The first-order valence-corrected chi connectivity index (χ1v) is 8.42. The first-order valence-electron chi connectivity index (χ1n) is 7.63. The maximum atomic E-state index is 5.82. The van der Waals surface area contributed by atoms with E-state index in [0.29, 0.717) is 0 Å². The lowest BCUT2D eigenvalue weighted by molar-refractivity contribution is 0.302. The number of aryl methyl sites for hydroxylation is 1. The summed E-state index contributed by atoms with van der Waals surface area (Å²) in [6.45, 7) is 5.19. The molecule has 0 amide bonds. The monoisotopic (exact) mass is 326 g/mol. The Labute approximate surface area is 126 Å². The largest absolute Gasteiger partial charge is 0.492 e. The third kappa shape index (κ3) is 7.61. The summed E-state index contributed by atoms with van der Waals surface area (Å²) in [5.41, 5.74) is 1.24. The van der Waals surface area contributed by atoms with Crippen molar-refractivity contribution in [2.24, 2.45) is 0 Å². The van der Waals surface area contributed by atoms with Gasteiger partial charge in [-0.2, -0.15) is 0 Å². The van der Waals surface area contributed by atoms with Gasteiger partial charge in [-0.15, -0.1) is 0 Å². The lowest BCUT2D eigenvalue weighted by Crippen LogP contribution is -1.98. The zero-order chi connectivity index (χ0) is 13.9. The smallest absolute Gasteiger partial charge is 0.133 e. The standard InChI is InChI=1S/C17H27BrO/c1-3-4-5-6-7-8-9-10-13-19-17-14-15(2)11-12-16(17)18/h11-12,14H,3-10,13H2,1-2H3. The van der Waals surface area contributed by atoms with Crippen LogP contribution in [0.4, 0.5) is 0 Å². The molecule has 0 aromatic heterocycles. The number of hydrogen-bond acceptors (Lipinski definition) is 1. The molecule has 1 aromatic carbocycles. The molecule has 0 saturated heterocycles. The zero-order valence-corrected chi connectivity index (χ0v) is 14.0. The van der Waals surface area contributed by atoms with Gasteiger partial charge in [0.15, 0.2) is 0 Å². The normalized spacial score (nSPS) is 10.7. The van der Waals surface area contributed by atoms with Crippen molar-refractivity contribution < 1.29 is 4.74 Å².